The molecule has 1 saturated carbocycles. The zero-order valence-electron chi connectivity index (χ0n) is 12.9. The van der Waals surface area contributed by atoms with Gasteiger partial charge < -0.3 is 4.42 Å². The van der Waals surface area contributed by atoms with Crippen molar-refractivity contribution in [2.45, 2.75) is 57.8 Å². The number of hydrogen-bond donors (Lipinski definition) is 1. The first kappa shape index (κ1) is 13.5. The fraction of sp³-hybridized carbons (Fsp3) is 0.562. The van der Waals surface area contributed by atoms with Crippen LogP contribution >= 0.6 is 0 Å². The maximum atomic E-state index is 12.6. The Bertz CT molecular complexity index is 881. The molecule has 0 aromatic carbocycles. The topological polar surface area (TPSA) is 76.2 Å². The van der Waals surface area contributed by atoms with E-state index >= 15 is 0 Å². The largest absolute Gasteiger partial charge is 0.433 e. The molecule has 0 atom stereocenters. The van der Waals surface area contributed by atoms with Crippen LogP contribution in [0, 0.1) is 0 Å². The lowest BCUT2D eigenvalue weighted by molar-refractivity contribution is 0.435. The van der Waals surface area contributed by atoms with Crippen molar-refractivity contribution in [1.29, 1.82) is 0 Å². The molecule has 3 heterocycles. The molecule has 3 aromatic rings. The quantitative estimate of drug-likeness (QED) is 0.787. The van der Waals surface area contributed by atoms with E-state index in [-0.39, 0.29) is 17.1 Å². The fourth-order valence-corrected chi connectivity index (χ4v) is 3.28. The van der Waals surface area contributed by atoms with Crippen LogP contribution in [0.3, 0.4) is 0 Å². The molecule has 4 rings (SSSR count). The first-order chi connectivity index (χ1) is 10.6. The van der Waals surface area contributed by atoms with Gasteiger partial charge in [-0.15, -0.1) is 0 Å². The second kappa shape index (κ2) is 4.97. The lowest BCUT2D eigenvalue weighted by Gasteiger charge is -2.19. The van der Waals surface area contributed by atoms with Gasteiger partial charge in [0.15, 0.2) is 11.5 Å². The summed E-state index contributed by atoms with van der Waals surface area (Å²) in [6.45, 7) is 3.96. The van der Waals surface area contributed by atoms with E-state index < -0.39 is 0 Å². The van der Waals surface area contributed by atoms with Gasteiger partial charge in [0.25, 0.3) is 0 Å². The Balaban J connectivity index is 1.86. The van der Waals surface area contributed by atoms with Gasteiger partial charge in [0.05, 0.1) is 0 Å². The van der Waals surface area contributed by atoms with E-state index in [1.165, 1.54) is 36.6 Å². The molecular formula is C16H20N4O2. The number of hydrogen-bond acceptors (Lipinski definition) is 4. The third-order valence-electron chi connectivity index (χ3n) is 4.54. The van der Waals surface area contributed by atoms with E-state index in [0.29, 0.717) is 23.1 Å². The van der Waals surface area contributed by atoms with E-state index in [9.17, 15) is 4.79 Å². The first-order valence-electron chi connectivity index (χ1n) is 8.05. The minimum atomic E-state index is -0.207. The van der Waals surface area contributed by atoms with Crippen molar-refractivity contribution in [2.24, 2.45) is 0 Å². The Labute approximate surface area is 127 Å². The molecule has 1 aliphatic rings. The number of aromatic nitrogens is 4. The summed E-state index contributed by atoms with van der Waals surface area (Å²) in [4.78, 5) is 21.4. The van der Waals surface area contributed by atoms with Crippen LogP contribution in [-0.2, 0) is 0 Å². The van der Waals surface area contributed by atoms with Gasteiger partial charge in [-0.2, -0.15) is 9.50 Å². The van der Waals surface area contributed by atoms with Crippen molar-refractivity contribution < 1.29 is 4.42 Å². The molecular weight excluding hydrogens is 280 g/mol. The zero-order valence-corrected chi connectivity index (χ0v) is 12.9. The highest BCUT2D eigenvalue weighted by atomic mass is 16.4. The molecule has 0 aliphatic heterocycles. The highest BCUT2D eigenvalue weighted by molar-refractivity contribution is 5.69. The van der Waals surface area contributed by atoms with Crippen LogP contribution in [-0.4, -0.2) is 19.6 Å². The van der Waals surface area contributed by atoms with Gasteiger partial charge in [-0.1, -0.05) is 33.1 Å². The van der Waals surface area contributed by atoms with Crippen LogP contribution < -0.4 is 5.56 Å². The van der Waals surface area contributed by atoms with Crippen molar-refractivity contribution in [1.82, 2.24) is 19.6 Å². The summed E-state index contributed by atoms with van der Waals surface area (Å²) in [5.41, 5.74) is 2.16. The first-order valence-corrected chi connectivity index (χ1v) is 8.05. The van der Waals surface area contributed by atoms with Crippen LogP contribution in [0.5, 0.6) is 0 Å². The molecule has 0 bridgehead atoms. The minimum Gasteiger partial charge on any atom is -0.433 e. The van der Waals surface area contributed by atoms with E-state index in [1.54, 1.807) is 0 Å². The minimum absolute atomic E-state index is 0.134. The van der Waals surface area contributed by atoms with Crippen LogP contribution in [0.15, 0.2) is 15.3 Å². The number of H-pyrrole nitrogens is 1. The van der Waals surface area contributed by atoms with E-state index in [4.69, 9.17) is 4.42 Å². The molecule has 6 heteroatoms. The van der Waals surface area contributed by atoms with E-state index in [0.717, 1.165) is 5.69 Å². The number of nitrogens with one attached hydrogen (secondary N) is 1. The second-order valence-corrected chi connectivity index (χ2v) is 6.52. The molecule has 116 valence electrons. The van der Waals surface area contributed by atoms with Gasteiger partial charge >= 0.3 is 5.56 Å². The lowest BCUT2D eigenvalue weighted by atomic mass is 9.87. The molecule has 1 fully saturated rings. The summed E-state index contributed by atoms with van der Waals surface area (Å²) in [5.74, 6) is 1.19. The van der Waals surface area contributed by atoms with Gasteiger partial charge in [-0.05, 0) is 12.8 Å². The number of fused-ring (bicyclic) bond motifs is 2. The monoisotopic (exact) mass is 300 g/mol. The van der Waals surface area contributed by atoms with E-state index in [1.807, 2.05) is 19.9 Å². The predicted molar refractivity (Wildman–Crippen MR) is 83.3 cm³/mol. The summed E-state index contributed by atoms with van der Waals surface area (Å²) in [7, 11) is 0. The van der Waals surface area contributed by atoms with Crippen molar-refractivity contribution >= 4 is 16.9 Å². The van der Waals surface area contributed by atoms with Crippen molar-refractivity contribution in [3.8, 4) is 0 Å². The number of oxazole rings is 1. The highest BCUT2D eigenvalue weighted by Gasteiger charge is 2.21. The second-order valence-electron chi connectivity index (χ2n) is 6.52. The van der Waals surface area contributed by atoms with Crippen LogP contribution in [0.2, 0.25) is 0 Å². The third-order valence-corrected chi connectivity index (χ3v) is 4.54. The van der Waals surface area contributed by atoms with Gasteiger partial charge in [0.2, 0.25) is 11.2 Å². The Morgan fingerprint density at radius 2 is 2.05 bits per heavy atom. The summed E-state index contributed by atoms with van der Waals surface area (Å²) >= 11 is 0. The molecule has 0 saturated heterocycles. The predicted octanol–water partition coefficient (Wildman–Crippen LogP) is 3.33. The molecule has 0 unspecified atom stereocenters. The molecule has 0 spiro atoms. The maximum Gasteiger partial charge on any atom is 0.318 e. The molecule has 22 heavy (non-hydrogen) atoms. The van der Waals surface area contributed by atoms with Gasteiger partial charge in [-0.3, -0.25) is 9.89 Å². The van der Waals surface area contributed by atoms with Gasteiger partial charge in [0, 0.05) is 23.6 Å². The number of rotatable bonds is 2. The molecule has 1 aliphatic carbocycles. The number of nitrogens with zero attached hydrogens (tertiary/aromatic N) is 3. The summed E-state index contributed by atoms with van der Waals surface area (Å²) in [6.07, 6.45) is 6.17. The van der Waals surface area contributed by atoms with Gasteiger partial charge in [-0.25, -0.2) is 4.98 Å². The summed E-state index contributed by atoms with van der Waals surface area (Å²) in [6, 6.07) is 1.99. The van der Waals surface area contributed by atoms with Crippen molar-refractivity contribution in [3.05, 3.63) is 28.0 Å². The van der Waals surface area contributed by atoms with Crippen molar-refractivity contribution in [3.63, 3.8) is 0 Å². The molecule has 1 N–H and O–H groups in total. The van der Waals surface area contributed by atoms with Gasteiger partial charge in [0.1, 0.15) is 0 Å². The van der Waals surface area contributed by atoms with Crippen molar-refractivity contribution in [2.75, 3.05) is 0 Å². The standard InChI is InChI=1S/C16H20N4O2/c1-9(2)15-18-14-13(22-15)16(21)20-12(17-14)8-11(19-20)10-6-4-3-5-7-10/h8-10,19H,3-7H2,1-2H3. The Morgan fingerprint density at radius 3 is 2.77 bits per heavy atom. The molecule has 3 aromatic heterocycles. The van der Waals surface area contributed by atoms with Crippen LogP contribution in [0.4, 0.5) is 0 Å². The number of aromatic amines is 1. The highest BCUT2D eigenvalue weighted by Crippen LogP contribution is 2.32. The van der Waals surface area contributed by atoms with E-state index in [2.05, 4.69) is 15.1 Å². The summed E-state index contributed by atoms with van der Waals surface area (Å²) in [5, 5.41) is 3.22. The Morgan fingerprint density at radius 1 is 1.27 bits per heavy atom. The van der Waals surface area contributed by atoms with Crippen LogP contribution in [0.1, 0.15) is 69.4 Å². The maximum absolute atomic E-state index is 12.6. The third kappa shape index (κ3) is 2.05. The molecule has 0 radical (unpaired) electrons. The lowest BCUT2D eigenvalue weighted by Crippen LogP contribution is -2.15. The zero-order chi connectivity index (χ0) is 15.3. The van der Waals surface area contributed by atoms with Crippen LogP contribution in [0.25, 0.3) is 16.9 Å². The normalized spacial score (nSPS) is 17.0. The molecule has 0 amide bonds. The molecule has 6 nitrogen and oxygen atoms in total. The average Bonchev–Trinajstić information content (AvgIpc) is 3.13. The summed E-state index contributed by atoms with van der Waals surface area (Å²) < 4.78 is 7.08. The Hall–Kier alpha value is -2.11. The fourth-order valence-electron chi connectivity index (χ4n) is 3.28. The Kier molecular flexibility index (Phi) is 3.06. The smallest absolute Gasteiger partial charge is 0.318 e. The SMILES string of the molecule is CC(C)c1nc2nc3cc(C4CCCCC4)[nH]n3c(=O)c2o1. The average molecular weight is 300 g/mol.